The largest absolute Gasteiger partial charge is 0.481 e. The predicted octanol–water partition coefficient (Wildman–Crippen LogP) is 11.9. The summed E-state index contributed by atoms with van der Waals surface area (Å²) >= 11 is 0. The van der Waals surface area contributed by atoms with Crippen LogP contribution in [0.5, 0.6) is 0 Å². The normalized spacial score (nSPS) is 17.5. The molecule has 4 heterocycles. The van der Waals surface area contributed by atoms with Crippen LogP contribution in [0.3, 0.4) is 0 Å². The monoisotopic (exact) mass is 870 g/mol. The number of rotatable bonds is 4. The van der Waals surface area contributed by atoms with Crippen LogP contribution in [0.4, 0.5) is 0 Å². The second kappa shape index (κ2) is 15.4. The molecule has 13 rings (SSSR count). The smallest absolute Gasteiger partial charge is 0.110 e. The minimum Gasteiger partial charge on any atom is -0.481 e. The number of hydrogen-bond acceptors (Lipinski definition) is 0. The third kappa shape index (κ3) is 5.61. The van der Waals surface area contributed by atoms with Gasteiger partial charge in [0.2, 0.25) is 0 Å². The van der Waals surface area contributed by atoms with Gasteiger partial charge in [0.25, 0.3) is 0 Å². The standard InChI is InChI=1S/C64H46N4/c1-65-57-45-33-17-18-34-46(45)58(65)54(42-27-11-6-12-28-42)60-48-36-20-22-38-50(48)62(67(60)3)56(44-31-15-8-16-32-44)64-52-40-24-23-39-51(52)63(68(64)4)55(43-29-13-7-14-30-43)61-49-37-21-19-35-47(49)59(66(61)2)53(57)41-25-9-5-10-26-41/h5-40,45-46H,1-4H2/q-2. The summed E-state index contributed by atoms with van der Waals surface area (Å²) in [5.74, 6) is -0.110. The number of nitrogens with zero attached hydrogens (tertiary/aromatic N) is 4. The van der Waals surface area contributed by atoms with Gasteiger partial charge >= 0.3 is 0 Å². The zero-order valence-corrected chi connectivity index (χ0v) is 37.6. The molecule has 2 unspecified atom stereocenters. The Kier molecular flexibility index (Phi) is 8.93. The van der Waals surface area contributed by atoms with Gasteiger partial charge in [-0.15, -0.1) is 14.1 Å². The number of aromatic nitrogens is 2. The summed E-state index contributed by atoms with van der Waals surface area (Å²) in [7, 11) is 20.4. The maximum absolute atomic E-state index is 5.12. The van der Waals surface area contributed by atoms with Crippen molar-refractivity contribution < 1.29 is 9.15 Å². The van der Waals surface area contributed by atoms with Crippen LogP contribution in [-0.4, -0.2) is 29.7 Å². The highest BCUT2D eigenvalue weighted by Crippen LogP contribution is 2.49. The molecule has 0 N–H and O–H groups in total. The van der Waals surface area contributed by atoms with E-state index in [0.717, 1.165) is 122 Å². The van der Waals surface area contributed by atoms with Gasteiger partial charge in [-0.1, -0.05) is 262 Å². The van der Waals surface area contributed by atoms with Crippen LogP contribution in [-0.2, 0) is 0 Å². The van der Waals surface area contributed by atoms with Crippen molar-refractivity contribution in [2.24, 2.45) is 11.8 Å². The summed E-state index contributed by atoms with van der Waals surface area (Å²) in [6.45, 7) is 0. The van der Waals surface area contributed by atoms with Crippen LogP contribution in [0.2, 0.25) is 0 Å². The van der Waals surface area contributed by atoms with E-state index in [2.05, 4.69) is 237 Å². The van der Waals surface area contributed by atoms with Gasteiger partial charge in [-0.2, -0.15) is 0 Å². The van der Waals surface area contributed by atoms with Crippen molar-refractivity contribution in [3.63, 3.8) is 0 Å². The highest BCUT2D eigenvalue weighted by Gasteiger charge is 2.40. The molecule has 2 aliphatic carbocycles. The van der Waals surface area contributed by atoms with E-state index in [4.69, 9.17) is 28.2 Å². The van der Waals surface area contributed by atoms with Crippen molar-refractivity contribution in [1.82, 2.24) is 9.13 Å². The lowest BCUT2D eigenvalue weighted by Gasteiger charge is -2.28. The lowest BCUT2D eigenvalue weighted by Crippen LogP contribution is -2.33. The molecule has 0 saturated carbocycles. The Morgan fingerprint density at radius 3 is 1.34 bits per heavy atom. The highest BCUT2D eigenvalue weighted by molar-refractivity contribution is 6.34. The molecule has 0 spiro atoms. The Bertz CT molecular complexity index is 3910. The van der Waals surface area contributed by atoms with E-state index in [9.17, 15) is 0 Å². The Hall–Kier alpha value is -8.86. The fourth-order valence-corrected chi connectivity index (χ4v) is 11.7. The molecule has 2 atom stereocenters. The lowest BCUT2D eigenvalue weighted by atomic mass is 9.80. The lowest BCUT2D eigenvalue weighted by molar-refractivity contribution is -0.404. The fourth-order valence-electron chi connectivity index (χ4n) is 11.7. The molecule has 0 amide bonds. The molecule has 324 valence electrons. The average molecular weight is 871 g/mol. The number of allylic oxidation sites excluding steroid dienone is 4. The van der Waals surface area contributed by atoms with Gasteiger partial charge in [0, 0.05) is 25.9 Å². The SMILES string of the molecule is [CH2-]n1c2c3ccccc3c1C(c1ccccc1)=C1C3C=CC=CC3C(=[N+]1[CH2-])C(c1ccccc1)=c1c3ccccc3c(n1[CH2-])=C(c1ccccc1)C1=[N+]([CH2-])C(=C2c2ccccc2)c2ccccc21. The molecule has 4 heteroatoms. The first-order chi connectivity index (χ1) is 33.5. The Balaban J connectivity index is 1.38. The van der Waals surface area contributed by atoms with Crippen LogP contribution in [0.1, 0.15) is 44.8 Å². The van der Waals surface area contributed by atoms with Gasteiger partial charge in [-0.3, -0.25) is 0 Å². The van der Waals surface area contributed by atoms with E-state index < -0.39 is 0 Å². The molecule has 0 fully saturated rings. The van der Waals surface area contributed by atoms with E-state index in [1.165, 1.54) is 0 Å². The first-order valence-corrected chi connectivity index (χ1v) is 23.3. The van der Waals surface area contributed by atoms with Crippen LogP contribution >= 0.6 is 0 Å². The molecule has 2 aliphatic heterocycles. The van der Waals surface area contributed by atoms with E-state index in [1.807, 2.05) is 0 Å². The van der Waals surface area contributed by atoms with E-state index in [0.29, 0.717) is 0 Å². The molecule has 2 aromatic heterocycles. The highest BCUT2D eigenvalue weighted by atomic mass is 15.1. The second-order valence-corrected chi connectivity index (χ2v) is 18.0. The maximum Gasteiger partial charge on any atom is 0.110 e. The van der Waals surface area contributed by atoms with Gasteiger partial charge in [-0.25, -0.2) is 0 Å². The average Bonchev–Trinajstić information content (AvgIpc) is 4.05. The molecule has 0 saturated heterocycles. The molecule has 8 bridgehead atoms. The Morgan fingerprint density at radius 2 is 0.779 bits per heavy atom. The number of benzene rings is 7. The van der Waals surface area contributed by atoms with Gasteiger partial charge < -0.3 is 18.3 Å². The van der Waals surface area contributed by atoms with E-state index in [-0.39, 0.29) is 11.8 Å². The first-order valence-electron chi connectivity index (χ1n) is 23.3. The second-order valence-electron chi connectivity index (χ2n) is 18.0. The Morgan fingerprint density at radius 1 is 0.368 bits per heavy atom. The quantitative estimate of drug-likeness (QED) is 0.124. The molecule has 4 aliphatic rings. The van der Waals surface area contributed by atoms with Gasteiger partial charge in [0.05, 0.1) is 11.4 Å². The summed E-state index contributed by atoms with van der Waals surface area (Å²) in [6.07, 6.45) is 9.12. The van der Waals surface area contributed by atoms with Crippen molar-refractivity contribution >= 4 is 61.0 Å². The third-order valence-electron chi connectivity index (χ3n) is 14.5. The zero-order chi connectivity index (χ0) is 45.6. The fraction of sp³-hybridized carbons (Fsp3) is 0.0312. The summed E-state index contributed by atoms with van der Waals surface area (Å²) < 4.78 is 8.88. The molecule has 9 aromatic rings. The van der Waals surface area contributed by atoms with Crippen molar-refractivity contribution in [3.8, 4) is 0 Å². The number of hydrogen-bond donors (Lipinski definition) is 0. The molecular weight excluding hydrogens is 825 g/mol. The molecular formula is C64H46N4-2. The van der Waals surface area contributed by atoms with E-state index in [1.54, 1.807) is 0 Å². The van der Waals surface area contributed by atoms with Crippen molar-refractivity contribution in [3.05, 3.63) is 308 Å². The minimum absolute atomic E-state index is 0.0552. The summed E-state index contributed by atoms with van der Waals surface area (Å²) in [6, 6.07) is 69.7. The van der Waals surface area contributed by atoms with E-state index >= 15 is 0 Å². The maximum atomic E-state index is 5.12. The predicted molar refractivity (Wildman–Crippen MR) is 279 cm³/mol. The van der Waals surface area contributed by atoms with Crippen LogP contribution < -0.4 is 10.7 Å². The van der Waals surface area contributed by atoms with Crippen LogP contribution in [0.15, 0.2) is 224 Å². The molecule has 7 aromatic carbocycles. The summed E-state index contributed by atoms with van der Waals surface area (Å²) in [5.41, 5.74) is 17.0. The van der Waals surface area contributed by atoms with Crippen molar-refractivity contribution in [2.75, 3.05) is 0 Å². The minimum atomic E-state index is -0.0552. The molecule has 68 heavy (non-hydrogen) atoms. The zero-order valence-electron chi connectivity index (χ0n) is 37.6. The van der Waals surface area contributed by atoms with Crippen LogP contribution in [0.25, 0.3) is 49.5 Å². The van der Waals surface area contributed by atoms with Crippen LogP contribution in [0, 0.1) is 40.0 Å². The summed E-state index contributed by atoms with van der Waals surface area (Å²) in [5, 5.41) is 6.43. The van der Waals surface area contributed by atoms with Gasteiger partial charge in [0.1, 0.15) is 11.4 Å². The topological polar surface area (TPSA) is 15.9 Å². The molecule has 4 nitrogen and oxygen atoms in total. The summed E-state index contributed by atoms with van der Waals surface area (Å²) in [4.78, 5) is 0. The third-order valence-corrected chi connectivity index (χ3v) is 14.5. The first kappa shape index (κ1) is 39.5. The molecule has 0 radical (unpaired) electrons. The van der Waals surface area contributed by atoms with Crippen molar-refractivity contribution in [1.29, 1.82) is 0 Å². The van der Waals surface area contributed by atoms with Gasteiger partial charge in [-0.05, 0) is 55.7 Å². The van der Waals surface area contributed by atoms with Crippen molar-refractivity contribution in [2.45, 2.75) is 0 Å². The van der Waals surface area contributed by atoms with Gasteiger partial charge in [0.15, 0.2) is 0 Å². The Labute approximate surface area is 397 Å².